The Morgan fingerprint density at radius 3 is 2.32 bits per heavy atom. The molecule has 0 fully saturated rings. The van der Waals surface area contributed by atoms with Crippen molar-refractivity contribution in [3.63, 3.8) is 0 Å². The van der Waals surface area contributed by atoms with Gasteiger partial charge in [-0.1, -0.05) is 17.7 Å². The van der Waals surface area contributed by atoms with Crippen molar-refractivity contribution in [2.45, 2.75) is 11.8 Å². The van der Waals surface area contributed by atoms with E-state index >= 15 is 0 Å². The Hall–Kier alpha value is -1.44. The minimum Gasteiger partial charge on any atom is -0.274 e. The molecule has 1 N–H and O–H groups in total. The summed E-state index contributed by atoms with van der Waals surface area (Å²) >= 11 is 3.14. The van der Waals surface area contributed by atoms with Crippen LogP contribution in [0.4, 0.5) is 5.69 Å². The van der Waals surface area contributed by atoms with Gasteiger partial charge in [-0.05, 0) is 47.1 Å². The first-order valence-corrected chi connectivity index (χ1v) is 7.57. The molecule has 0 saturated heterocycles. The molecule has 0 aliphatic carbocycles. The van der Waals surface area contributed by atoms with Crippen molar-refractivity contribution < 1.29 is 13.6 Å². The number of benzene rings is 1. The molecule has 1 aromatic carbocycles. The number of pyridine rings is 1. The van der Waals surface area contributed by atoms with E-state index in [1.807, 2.05) is 6.92 Å². The third-order valence-electron chi connectivity index (χ3n) is 2.48. The summed E-state index contributed by atoms with van der Waals surface area (Å²) in [7, 11) is -3.99. The topological polar surface area (TPSA) is 70.5 Å². The lowest BCUT2D eigenvalue weighted by Gasteiger charge is -2.16. The number of halogens is 1. The van der Waals surface area contributed by atoms with Gasteiger partial charge in [0.05, 0.1) is 11.1 Å². The third kappa shape index (κ3) is 2.94. The molecule has 100 valence electrons. The minimum absolute atomic E-state index is 0.0171. The van der Waals surface area contributed by atoms with Gasteiger partial charge in [0.1, 0.15) is 10.3 Å². The average Bonchev–Trinajstić information content (AvgIpc) is 2.39. The fourth-order valence-electron chi connectivity index (χ4n) is 1.43. The number of aryl methyl sites for hydroxylation is 1. The van der Waals surface area contributed by atoms with Gasteiger partial charge in [-0.3, -0.25) is 5.21 Å². The van der Waals surface area contributed by atoms with E-state index in [2.05, 4.69) is 20.9 Å². The normalized spacial score (nSPS) is 11.3. The zero-order chi connectivity index (χ0) is 14.0. The lowest BCUT2D eigenvalue weighted by molar-refractivity contribution is 0.315. The van der Waals surface area contributed by atoms with Gasteiger partial charge in [0.25, 0.3) is 10.0 Å². The molecule has 0 atom stereocenters. The smallest absolute Gasteiger partial charge is 0.274 e. The highest BCUT2D eigenvalue weighted by Gasteiger charge is 2.23. The fourth-order valence-corrected chi connectivity index (χ4v) is 2.73. The zero-order valence-electron chi connectivity index (χ0n) is 9.99. The van der Waals surface area contributed by atoms with Crippen LogP contribution in [0.3, 0.4) is 0 Å². The highest BCUT2D eigenvalue weighted by Crippen LogP contribution is 2.22. The van der Waals surface area contributed by atoms with Gasteiger partial charge in [0.2, 0.25) is 0 Å². The van der Waals surface area contributed by atoms with Crippen molar-refractivity contribution in [1.82, 2.24) is 4.98 Å². The Kier molecular flexibility index (Phi) is 3.88. The molecule has 0 aliphatic heterocycles. The third-order valence-corrected chi connectivity index (χ3v) is 4.48. The number of hydrogen-bond acceptors (Lipinski definition) is 4. The number of aromatic nitrogens is 1. The molecule has 2 rings (SSSR count). The molecule has 0 amide bonds. The van der Waals surface area contributed by atoms with Crippen LogP contribution in [0.25, 0.3) is 0 Å². The molecule has 7 heteroatoms. The van der Waals surface area contributed by atoms with Crippen molar-refractivity contribution >= 4 is 31.6 Å². The SMILES string of the molecule is Cc1ccc(S(=O)(=O)N(O)c2ccc(Br)nc2)cc1. The highest BCUT2D eigenvalue weighted by molar-refractivity contribution is 9.10. The van der Waals surface area contributed by atoms with Gasteiger partial charge in [0.15, 0.2) is 0 Å². The van der Waals surface area contributed by atoms with Crippen molar-refractivity contribution in [1.29, 1.82) is 0 Å². The van der Waals surface area contributed by atoms with Crippen LogP contribution in [0.1, 0.15) is 5.56 Å². The Bertz CT molecular complexity index is 669. The summed E-state index contributed by atoms with van der Waals surface area (Å²) in [5, 5.41) is 9.85. The van der Waals surface area contributed by atoms with E-state index < -0.39 is 10.0 Å². The van der Waals surface area contributed by atoms with Gasteiger partial charge >= 0.3 is 0 Å². The van der Waals surface area contributed by atoms with E-state index in [0.717, 1.165) is 5.56 Å². The first-order valence-electron chi connectivity index (χ1n) is 5.34. The molecule has 0 radical (unpaired) electrons. The Labute approximate surface area is 119 Å². The molecule has 0 unspecified atom stereocenters. The lowest BCUT2D eigenvalue weighted by atomic mass is 10.2. The number of nitrogens with zero attached hydrogens (tertiary/aromatic N) is 2. The van der Waals surface area contributed by atoms with Gasteiger partial charge < -0.3 is 0 Å². The first-order chi connectivity index (χ1) is 8.91. The molecule has 5 nitrogen and oxygen atoms in total. The van der Waals surface area contributed by atoms with Crippen molar-refractivity contribution in [2.75, 3.05) is 4.47 Å². The lowest BCUT2D eigenvalue weighted by Crippen LogP contribution is -2.27. The predicted molar refractivity (Wildman–Crippen MR) is 74.6 cm³/mol. The summed E-state index contributed by atoms with van der Waals surface area (Å²) in [4.78, 5) is 3.89. The van der Waals surface area contributed by atoms with Crippen LogP contribution in [-0.4, -0.2) is 18.6 Å². The zero-order valence-corrected chi connectivity index (χ0v) is 12.4. The number of sulfonamides is 1. The number of hydrogen-bond donors (Lipinski definition) is 1. The fraction of sp³-hybridized carbons (Fsp3) is 0.0833. The summed E-state index contributed by atoms with van der Waals surface area (Å²) in [6.45, 7) is 1.85. The molecular formula is C12H11BrN2O3S. The van der Waals surface area contributed by atoms with E-state index in [0.29, 0.717) is 4.60 Å². The Morgan fingerprint density at radius 2 is 1.79 bits per heavy atom. The summed E-state index contributed by atoms with van der Waals surface area (Å²) in [6, 6.07) is 9.22. The molecule has 1 aromatic heterocycles. The van der Waals surface area contributed by atoms with Crippen LogP contribution in [-0.2, 0) is 10.0 Å². The van der Waals surface area contributed by atoms with Crippen molar-refractivity contribution in [3.05, 3.63) is 52.8 Å². The molecule has 2 aromatic rings. The van der Waals surface area contributed by atoms with Gasteiger partial charge in [-0.15, -0.1) is 4.47 Å². The van der Waals surface area contributed by atoms with Gasteiger partial charge in [-0.2, -0.15) is 8.42 Å². The van der Waals surface area contributed by atoms with Crippen LogP contribution in [0.15, 0.2) is 52.1 Å². The molecule has 0 bridgehead atoms. The molecule has 0 saturated carbocycles. The van der Waals surface area contributed by atoms with Crippen molar-refractivity contribution in [3.8, 4) is 0 Å². The van der Waals surface area contributed by atoms with E-state index in [1.165, 1.54) is 24.4 Å². The quantitative estimate of drug-likeness (QED) is 0.687. The van der Waals surface area contributed by atoms with Gasteiger partial charge in [0, 0.05) is 0 Å². The van der Waals surface area contributed by atoms with Crippen LogP contribution in [0.5, 0.6) is 0 Å². The maximum absolute atomic E-state index is 12.2. The molecule has 0 spiro atoms. The molecular weight excluding hydrogens is 332 g/mol. The van der Waals surface area contributed by atoms with E-state index in [1.54, 1.807) is 18.2 Å². The Morgan fingerprint density at radius 1 is 1.16 bits per heavy atom. The standard InChI is InChI=1S/C12H11BrN2O3S/c1-9-2-5-11(6-3-9)19(17,18)15(16)10-4-7-12(13)14-8-10/h2-8,16H,1H3. The van der Waals surface area contributed by atoms with E-state index in [9.17, 15) is 13.6 Å². The predicted octanol–water partition coefficient (Wildman–Crippen LogP) is 2.74. The second-order valence-corrected chi connectivity index (χ2v) is 6.48. The molecule has 0 aliphatic rings. The van der Waals surface area contributed by atoms with Crippen LogP contribution >= 0.6 is 15.9 Å². The summed E-state index contributed by atoms with van der Waals surface area (Å²) in [5.41, 5.74) is 1.01. The molecule has 19 heavy (non-hydrogen) atoms. The van der Waals surface area contributed by atoms with Crippen LogP contribution in [0, 0.1) is 6.92 Å². The monoisotopic (exact) mass is 342 g/mol. The minimum atomic E-state index is -3.99. The summed E-state index contributed by atoms with van der Waals surface area (Å²) < 4.78 is 25.1. The average molecular weight is 343 g/mol. The van der Waals surface area contributed by atoms with E-state index in [-0.39, 0.29) is 15.1 Å². The van der Waals surface area contributed by atoms with Crippen molar-refractivity contribution in [2.24, 2.45) is 0 Å². The first kappa shape index (κ1) is 14.0. The summed E-state index contributed by atoms with van der Waals surface area (Å²) in [5.74, 6) is 0. The maximum Gasteiger partial charge on any atom is 0.286 e. The van der Waals surface area contributed by atoms with Crippen LogP contribution < -0.4 is 4.47 Å². The second kappa shape index (κ2) is 5.28. The maximum atomic E-state index is 12.2. The number of rotatable bonds is 3. The molecule has 1 heterocycles. The number of anilines is 1. The summed E-state index contributed by atoms with van der Waals surface area (Å²) in [6.07, 6.45) is 1.26. The Balaban J connectivity index is 2.39. The van der Waals surface area contributed by atoms with E-state index in [4.69, 9.17) is 0 Å². The largest absolute Gasteiger partial charge is 0.286 e. The van der Waals surface area contributed by atoms with Gasteiger partial charge in [-0.25, -0.2) is 4.98 Å². The second-order valence-electron chi connectivity index (χ2n) is 3.90. The highest BCUT2D eigenvalue weighted by atomic mass is 79.9. The van der Waals surface area contributed by atoms with Crippen LogP contribution in [0.2, 0.25) is 0 Å².